The smallest absolute Gasteiger partial charge is 0.345 e. The summed E-state index contributed by atoms with van der Waals surface area (Å²) in [6.45, 7) is 3.29. The number of phenolic OH excluding ortho intramolecular Hbond substituents is 1. The maximum atomic E-state index is 12.6. The maximum Gasteiger partial charge on any atom is 0.345 e. The van der Waals surface area contributed by atoms with Crippen molar-refractivity contribution in [2.75, 3.05) is 0 Å². The number of aliphatic carboxylic acids is 1. The molecule has 9 nitrogen and oxygen atoms in total. The highest BCUT2D eigenvalue weighted by atomic mass is 79.9. The fourth-order valence-corrected chi connectivity index (χ4v) is 3.41. The number of esters is 2. The summed E-state index contributed by atoms with van der Waals surface area (Å²) >= 11 is 3.34. The van der Waals surface area contributed by atoms with Crippen LogP contribution in [0.1, 0.15) is 35.3 Å². The minimum Gasteiger partial charge on any atom is -0.508 e. The van der Waals surface area contributed by atoms with Crippen LogP contribution in [0.3, 0.4) is 0 Å². The summed E-state index contributed by atoms with van der Waals surface area (Å²) < 4.78 is 11.5. The third-order valence-corrected chi connectivity index (χ3v) is 5.32. The van der Waals surface area contributed by atoms with Crippen molar-refractivity contribution < 1.29 is 34.1 Å². The van der Waals surface area contributed by atoms with Gasteiger partial charge in [0.25, 0.3) is 0 Å². The van der Waals surface area contributed by atoms with Gasteiger partial charge in [0.05, 0.1) is 11.5 Å². The first-order chi connectivity index (χ1) is 17.1. The number of aromatic nitrogens is 1. The highest BCUT2D eigenvalue weighted by Crippen LogP contribution is 2.35. The van der Waals surface area contributed by atoms with Crippen LogP contribution in [0.25, 0.3) is 0 Å². The Bertz CT molecular complexity index is 1280. The van der Waals surface area contributed by atoms with Crippen LogP contribution in [0.2, 0.25) is 0 Å². The molecule has 0 spiro atoms. The van der Waals surface area contributed by atoms with Gasteiger partial charge >= 0.3 is 17.9 Å². The quantitative estimate of drug-likeness (QED) is 0.225. The van der Waals surface area contributed by atoms with Crippen LogP contribution in [0, 0.1) is 5.92 Å². The van der Waals surface area contributed by atoms with Gasteiger partial charge in [-0.05, 0) is 42.0 Å². The monoisotopic (exact) mass is 554 g/mol. The van der Waals surface area contributed by atoms with E-state index in [0.717, 1.165) is 0 Å². The van der Waals surface area contributed by atoms with E-state index in [-0.39, 0.29) is 34.8 Å². The lowest BCUT2D eigenvalue weighted by atomic mass is 10.1. The van der Waals surface area contributed by atoms with E-state index in [1.165, 1.54) is 42.9 Å². The average Bonchev–Trinajstić information content (AvgIpc) is 2.84. The SMILES string of the molecule is CC(C)C(=O)Oc1c(C=NC(Cc2ccc(O)cc2)C(=O)O)cc(Br)cc1OC(=O)c1cccnc1. The van der Waals surface area contributed by atoms with E-state index in [9.17, 15) is 24.6 Å². The molecule has 0 saturated carbocycles. The second-order valence-corrected chi connectivity index (χ2v) is 8.95. The number of hydrogen-bond acceptors (Lipinski definition) is 8. The van der Waals surface area contributed by atoms with E-state index in [1.54, 1.807) is 38.1 Å². The van der Waals surface area contributed by atoms with E-state index in [0.29, 0.717) is 10.0 Å². The number of pyridine rings is 1. The number of halogens is 1. The standard InChI is InChI=1S/C26H23BrN2O7/c1-15(2)25(33)36-23-18(14-29-21(24(31)32)10-16-5-7-20(30)8-6-16)11-19(27)12-22(23)35-26(34)17-4-3-9-28-13-17/h3-9,11-15,21,30H,10H2,1-2H3,(H,31,32). The first-order valence-electron chi connectivity index (χ1n) is 10.9. The number of phenols is 1. The molecule has 3 aromatic rings. The van der Waals surface area contributed by atoms with Crippen LogP contribution in [0.15, 0.2) is 70.4 Å². The van der Waals surface area contributed by atoms with Crippen molar-refractivity contribution in [2.45, 2.75) is 26.3 Å². The van der Waals surface area contributed by atoms with E-state index in [1.807, 2.05) is 0 Å². The summed E-state index contributed by atoms with van der Waals surface area (Å²) in [5.74, 6) is -3.02. The number of carbonyl (C=O) groups is 3. The number of rotatable bonds is 9. The van der Waals surface area contributed by atoms with Gasteiger partial charge in [-0.1, -0.05) is 41.9 Å². The van der Waals surface area contributed by atoms with E-state index in [4.69, 9.17) is 9.47 Å². The molecule has 186 valence electrons. The van der Waals surface area contributed by atoms with Crippen molar-refractivity contribution in [1.82, 2.24) is 4.98 Å². The molecule has 2 N–H and O–H groups in total. The summed E-state index contributed by atoms with van der Waals surface area (Å²) in [6, 6.07) is 11.1. The van der Waals surface area contributed by atoms with Crippen LogP contribution in [0.4, 0.5) is 0 Å². The topological polar surface area (TPSA) is 135 Å². The third-order valence-electron chi connectivity index (χ3n) is 4.87. The fraction of sp³-hybridized carbons (Fsp3) is 0.192. The molecule has 1 aromatic heterocycles. The van der Waals surface area contributed by atoms with Crippen LogP contribution in [0.5, 0.6) is 17.2 Å². The van der Waals surface area contributed by atoms with Crippen LogP contribution in [-0.4, -0.2) is 45.4 Å². The average molecular weight is 555 g/mol. The predicted molar refractivity (Wildman–Crippen MR) is 135 cm³/mol. The Balaban J connectivity index is 1.98. The molecule has 36 heavy (non-hydrogen) atoms. The third kappa shape index (κ3) is 7.22. The van der Waals surface area contributed by atoms with Gasteiger partial charge in [0.15, 0.2) is 17.5 Å². The first-order valence-corrected chi connectivity index (χ1v) is 11.6. The Hall–Kier alpha value is -4.05. The summed E-state index contributed by atoms with van der Waals surface area (Å²) in [4.78, 5) is 45.0. The largest absolute Gasteiger partial charge is 0.508 e. The molecule has 0 aliphatic rings. The van der Waals surface area contributed by atoms with Gasteiger partial charge in [0, 0.05) is 35.1 Å². The van der Waals surface area contributed by atoms with Crippen LogP contribution < -0.4 is 9.47 Å². The molecule has 1 unspecified atom stereocenters. The number of aromatic hydroxyl groups is 1. The van der Waals surface area contributed by atoms with Gasteiger partial charge in [-0.3, -0.25) is 14.8 Å². The Morgan fingerprint density at radius 1 is 1.11 bits per heavy atom. The number of hydrogen-bond donors (Lipinski definition) is 2. The molecule has 0 amide bonds. The van der Waals surface area contributed by atoms with E-state index < -0.39 is 29.9 Å². The lowest BCUT2D eigenvalue weighted by Crippen LogP contribution is -2.21. The highest BCUT2D eigenvalue weighted by molar-refractivity contribution is 9.10. The van der Waals surface area contributed by atoms with Gasteiger partial charge in [-0.15, -0.1) is 0 Å². The lowest BCUT2D eigenvalue weighted by Gasteiger charge is -2.15. The molecule has 1 heterocycles. The molecule has 1 atom stereocenters. The normalized spacial score (nSPS) is 11.9. The number of carbonyl (C=O) groups excluding carboxylic acids is 2. The Kier molecular flexibility index (Phi) is 8.91. The molecule has 10 heteroatoms. The number of benzene rings is 2. The second kappa shape index (κ2) is 12.1. The lowest BCUT2D eigenvalue weighted by molar-refractivity contribution is -0.139. The van der Waals surface area contributed by atoms with Crippen molar-refractivity contribution in [1.29, 1.82) is 0 Å². The molecule has 2 aromatic carbocycles. The molecule has 0 radical (unpaired) electrons. The Labute approximate surface area is 215 Å². The summed E-state index contributed by atoms with van der Waals surface area (Å²) in [6.07, 6.45) is 4.17. The van der Waals surface area contributed by atoms with E-state index >= 15 is 0 Å². The fourth-order valence-electron chi connectivity index (χ4n) is 2.96. The zero-order valence-corrected chi connectivity index (χ0v) is 21.0. The van der Waals surface area contributed by atoms with Gasteiger partial charge in [-0.25, -0.2) is 9.59 Å². The van der Waals surface area contributed by atoms with Gasteiger partial charge in [0.1, 0.15) is 5.75 Å². The number of carboxylic acids is 1. The zero-order chi connectivity index (χ0) is 26.2. The van der Waals surface area contributed by atoms with Crippen molar-refractivity contribution in [3.63, 3.8) is 0 Å². The minimum absolute atomic E-state index is 0.0564. The van der Waals surface area contributed by atoms with Crippen LogP contribution >= 0.6 is 15.9 Å². The molecular formula is C26H23BrN2O7. The van der Waals surface area contributed by atoms with Gasteiger partial charge < -0.3 is 19.7 Å². The van der Waals surface area contributed by atoms with Crippen molar-refractivity contribution in [3.05, 3.63) is 82.1 Å². The molecule has 3 rings (SSSR count). The van der Waals surface area contributed by atoms with Crippen molar-refractivity contribution in [2.24, 2.45) is 10.9 Å². The van der Waals surface area contributed by atoms with E-state index in [2.05, 4.69) is 25.9 Å². The molecule has 0 aliphatic carbocycles. The molecule has 0 bridgehead atoms. The molecule has 0 aliphatic heterocycles. The van der Waals surface area contributed by atoms with Crippen molar-refractivity contribution >= 4 is 40.1 Å². The van der Waals surface area contributed by atoms with Crippen molar-refractivity contribution in [3.8, 4) is 17.2 Å². The molecule has 0 fully saturated rings. The van der Waals surface area contributed by atoms with Gasteiger partial charge in [-0.2, -0.15) is 0 Å². The predicted octanol–water partition coefficient (Wildman–Crippen LogP) is 4.45. The highest BCUT2D eigenvalue weighted by Gasteiger charge is 2.22. The summed E-state index contributed by atoms with van der Waals surface area (Å²) in [7, 11) is 0. The Morgan fingerprint density at radius 2 is 1.83 bits per heavy atom. The number of carboxylic acid groups (broad SMARTS) is 1. The number of nitrogens with zero attached hydrogens (tertiary/aromatic N) is 2. The summed E-state index contributed by atoms with van der Waals surface area (Å²) in [5.41, 5.74) is 1.07. The number of aliphatic imine (C=N–C) groups is 1. The Morgan fingerprint density at radius 3 is 2.44 bits per heavy atom. The number of ether oxygens (including phenoxy) is 2. The van der Waals surface area contributed by atoms with Crippen LogP contribution in [-0.2, 0) is 16.0 Å². The zero-order valence-electron chi connectivity index (χ0n) is 19.4. The first kappa shape index (κ1) is 26.6. The molecular weight excluding hydrogens is 532 g/mol. The maximum absolute atomic E-state index is 12.6. The minimum atomic E-state index is -1.17. The summed E-state index contributed by atoms with van der Waals surface area (Å²) in [5, 5.41) is 19.1. The molecule has 0 saturated heterocycles. The van der Waals surface area contributed by atoms with Gasteiger partial charge in [0.2, 0.25) is 0 Å². The second-order valence-electron chi connectivity index (χ2n) is 8.03.